The quantitative estimate of drug-likeness (QED) is 0.208. The fourth-order valence-electron chi connectivity index (χ4n) is 1.20. The fourth-order valence-corrected chi connectivity index (χ4v) is 1.20. The molecule has 0 radical (unpaired) electrons. The summed E-state index contributed by atoms with van der Waals surface area (Å²) < 4.78 is 0. The topological polar surface area (TPSA) is 118 Å². The maximum atomic E-state index is 10.5. The number of carbonyl (C=O) groups is 2. The molecule has 19 heavy (non-hydrogen) atoms. The van der Waals surface area contributed by atoms with Crippen molar-refractivity contribution in [2.24, 2.45) is 0 Å². The van der Waals surface area contributed by atoms with E-state index in [1.54, 1.807) is 0 Å². The SMILES string of the molecule is O=C(O)C(=C/C=C/c1ccc([N+](=O)[O-])cc1)C(=O)O. The van der Waals surface area contributed by atoms with Crippen LogP contribution in [-0.4, -0.2) is 27.1 Å². The van der Waals surface area contributed by atoms with Gasteiger partial charge in [-0.1, -0.05) is 12.2 Å². The highest BCUT2D eigenvalue weighted by molar-refractivity contribution is 6.12. The summed E-state index contributed by atoms with van der Waals surface area (Å²) in [4.78, 5) is 31.0. The van der Waals surface area contributed by atoms with E-state index < -0.39 is 22.4 Å². The standard InChI is InChI=1S/C12H9NO6/c14-11(15)10(12(16)17)3-1-2-8-4-6-9(7-5-8)13(18)19/h1-7H,(H,14,15)(H,16,17)/b2-1+. The number of aliphatic carboxylic acids is 2. The molecule has 1 rings (SSSR count). The van der Waals surface area contributed by atoms with Gasteiger partial charge in [0.25, 0.3) is 5.69 Å². The lowest BCUT2D eigenvalue weighted by molar-refractivity contribution is -0.384. The lowest BCUT2D eigenvalue weighted by atomic mass is 10.1. The molecule has 98 valence electrons. The van der Waals surface area contributed by atoms with Crippen LogP contribution < -0.4 is 0 Å². The summed E-state index contributed by atoms with van der Waals surface area (Å²) in [5.74, 6) is -3.08. The Hall–Kier alpha value is -2.96. The highest BCUT2D eigenvalue weighted by Crippen LogP contribution is 2.13. The number of nitrogens with zero attached hydrogens (tertiary/aromatic N) is 1. The van der Waals surface area contributed by atoms with E-state index in [0.717, 1.165) is 6.08 Å². The van der Waals surface area contributed by atoms with Gasteiger partial charge in [0.15, 0.2) is 0 Å². The minimum atomic E-state index is -1.54. The van der Waals surface area contributed by atoms with E-state index in [9.17, 15) is 19.7 Å². The molecule has 0 heterocycles. The van der Waals surface area contributed by atoms with Gasteiger partial charge in [-0.2, -0.15) is 0 Å². The number of carboxylic acids is 2. The molecule has 0 fully saturated rings. The lowest BCUT2D eigenvalue weighted by Crippen LogP contribution is -2.10. The van der Waals surface area contributed by atoms with E-state index in [4.69, 9.17) is 10.2 Å². The number of nitro groups is 1. The predicted octanol–water partition coefficient (Wildman–Crippen LogP) is 1.70. The van der Waals surface area contributed by atoms with Gasteiger partial charge in [0, 0.05) is 12.1 Å². The Morgan fingerprint density at radius 3 is 2.05 bits per heavy atom. The lowest BCUT2D eigenvalue weighted by Gasteiger charge is -1.94. The summed E-state index contributed by atoms with van der Waals surface area (Å²) in [5, 5.41) is 27.6. The summed E-state index contributed by atoms with van der Waals surface area (Å²) >= 11 is 0. The third-order valence-electron chi connectivity index (χ3n) is 2.12. The van der Waals surface area contributed by atoms with Crippen LogP contribution in [0.1, 0.15) is 5.56 Å². The normalized spacial score (nSPS) is 10.1. The van der Waals surface area contributed by atoms with Gasteiger partial charge in [-0.25, -0.2) is 9.59 Å². The molecule has 0 aliphatic heterocycles. The van der Waals surface area contributed by atoms with Crippen LogP contribution in [0.5, 0.6) is 0 Å². The van der Waals surface area contributed by atoms with Crippen LogP contribution in [-0.2, 0) is 9.59 Å². The predicted molar refractivity (Wildman–Crippen MR) is 65.5 cm³/mol. The molecule has 0 bridgehead atoms. The molecule has 7 heteroatoms. The van der Waals surface area contributed by atoms with Crippen molar-refractivity contribution in [1.29, 1.82) is 0 Å². The first-order valence-electron chi connectivity index (χ1n) is 5.01. The number of hydrogen-bond acceptors (Lipinski definition) is 4. The molecule has 0 spiro atoms. The number of rotatable bonds is 5. The number of nitro benzene ring substituents is 1. The minimum absolute atomic E-state index is 0.0653. The average Bonchev–Trinajstić information content (AvgIpc) is 2.34. The molecule has 0 aliphatic carbocycles. The number of non-ortho nitro benzene ring substituents is 1. The van der Waals surface area contributed by atoms with Crippen molar-refractivity contribution in [2.75, 3.05) is 0 Å². The Balaban J connectivity index is 2.87. The first-order valence-corrected chi connectivity index (χ1v) is 5.01. The van der Waals surface area contributed by atoms with Gasteiger partial charge in [0.2, 0.25) is 0 Å². The molecule has 7 nitrogen and oxygen atoms in total. The molecular weight excluding hydrogens is 254 g/mol. The van der Waals surface area contributed by atoms with Crippen LogP contribution in [0.4, 0.5) is 5.69 Å². The smallest absolute Gasteiger partial charge is 0.343 e. The van der Waals surface area contributed by atoms with Crippen LogP contribution >= 0.6 is 0 Å². The minimum Gasteiger partial charge on any atom is -0.477 e. The van der Waals surface area contributed by atoms with Crippen LogP contribution in [0, 0.1) is 10.1 Å². The zero-order valence-corrected chi connectivity index (χ0v) is 9.52. The van der Waals surface area contributed by atoms with E-state index in [1.165, 1.54) is 36.4 Å². The van der Waals surface area contributed by atoms with Gasteiger partial charge < -0.3 is 10.2 Å². The van der Waals surface area contributed by atoms with E-state index in [-0.39, 0.29) is 5.69 Å². The second-order valence-corrected chi connectivity index (χ2v) is 3.40. The zero-order chi connectivity index (χ0) is 14.4. The summed E-state index contributed by atoms with van der Waals surface area (Å²) in [7, 11) is 0. The van der Waals surface area contributed by atoms with Crippen molar-refractivity contribution in [3.05, 3.63) is 57.7 Å². The van der Waals surface area contributed by atoms with Crippen LogP contribution in [0.25, 0.3) is 6.08 Å². The Bertz CT molecular complexity index is 554. The van der Waals surface area contributed by atoms with Crippen molar-refractivity contribution >= 4 is 23.7 Å². The first-order chi connectivity index (χ1) is 8.91. The fraction of sp³-hybridized carbons (Fsp3) is 0. The van der Waals surface area contributed by atoms with E-state index >= 15 is 0 Å². The van der Waals surface area contributed by atoms with Crippen LogP contribution in [0.3, 0.4) is 0 Å². The molecule has 2 N–H and O–H groups in total. The highest BCUT2D eigenvalue weighted by atomic mass is 16.6. The van der Waals surface area contributed by atoms with Crippen molar-refractivity contribution in [1.82, 2.24) is 0 Å². The molecule has 0 amide bonds. The third kappa shape index (κ3) is 4.08. The highest BCUT2D eigenvalue weighted by Gasteiger charge is 2.14. The molecule has 0 saturated carbocycles. The Morgan fingerprint density at radius 1 is 1.11 bits per heavy atom. The number of allylic oxidation sites excluding steroid dienone is 2. The third-order valence-corrected chi connectivity index (χ3v) is 2.12. The van der Waals surface area contributed by atoms with Gasteiger partial charge in [0.05, 0.1) is 4.92 Å². The average molecular weight is 263 g/mol. The second kappa shape index (κ2) is 6.10. The number of benzene rings is 1. The summed E-state index contributed by atoms with van der Waals surface area (Å²) in [6.45, 7) is 0. The maximum absolute atomic E-state index is 10.5. The van der Waals surface area contributed by atoms with E-state index in [2.05, 4.69) is 0 Å². The van der Waals surface area contributed by atoms with E-state index in [1.807, 2.05) is 0 Å². The molecule has 1 aromatic carbocycles. The monoisotopic (exact) mass is 263 g/mol. The van der Waals surface area contributed by atoms with Gasteiger partial charge in [-0.15, -0.1) is 0 Å². The zero-order valence-electron chi connectivity index (χ0n) is 9.52. The van der Waals surface area contributed by atoms with Crippen molar-refractivity contribution in [2.45, 2.75) is 0 Å². The number of carboxylic acid groups (broad SMARTS) is 2. The van der Waals surface area contributed by atoms with Crippen molar-refractivity contribution < 1.29 is 24.7 Å². The Kier molecular flexibility index (Phi) is 4.53. The van der Waals surface area contributed by atoms with Crippen molar-refractivity contribution in [3.63, 3.8) is 0 Å². The summed E-state index contributed by atoms with van der Waals surface area (Å²) in [5.41, 5.74) is -0.250. The largest absolute Gasteiger partial charge is 0.477 e. The first kappa shape index (κ1) is 14.1. The maximum Gasteiger partial charge on any atom is 0.343 e. The summed E-state index contributed by atoms with van der Waals surface area (Å²) in [6.07, 6.45) is 3.63. The summed E-state index contributed by atoms with van der Waals surface area (Å²) in [6, 6.07) is 5.50. The van der Waals surface area contributed by atoms with Crippen molar-refractivity contribution in [3.8, 4) is 0 Å². The van der Waals surface area contributed by atoms with E-state index in [0.29, 0.717) is 5.56 Å². The molecule has 0 saturated heterocycles. The molecule has 0 atom stereocenters. The Morgan fingerprint density at radius 2 is 1.63 bits per heavy atom. The van der Waals surface area contributed by atoms with Gasteiger partial charge in [-0.05, 0) is 23.8 Å². The second-order valence-electron chi connectivity index (χ2n) is 3.40. The van der Waals surface area contributed by atoms with Gasteiger partial charge in [-0.3, -0.25) is 10.1 Å². The molecule has 0 aliphatic rings. The number of hydrogen-bond donors (Lipinski definition) is 2. The van der Waals surface area contributed by atoms with Crippen LogP contribution in [0.15, 0.2) is 42.0 Å². The molecule has 0 aromatic heterocycles. The van der Waals surface area contributed by atoms with Crippen LogP contribution in [0.2, 0.25) is 0 Å². The molecular formula is C12H9NO6. The molecule has 1 aromatic rings. The molecule has 0 unspecified atom stereocenters. The Labute approximate surface area is 107 Å². The van der Waals surface area contributed by atoms with Gasteiger partial charge >= 0.3 is 11.9 Å². The van der Waals surface area contributed by atoms with Gasteiger partial charge in [0.1, 0.15) is 5.57 Å².